The van der Waals surface area contributed by atoms with E-state index >= 15 is 0 Å². The van der Waals surface area contributed by atoms with Crippen LogP contribution >= 0.6 is 0 Å². The van der Waals surface area contributed by atoms with Crippen LogP contribution < -0.4 is 4.90 Å². The molecule has 10 aromatic rings. The molecular formula is C52H36N2. The molecule has 2 heteroatoms. The molecule has 2 nitrogen and oxygen atoms in total. The van der Waals surface area contributed by atoms with Gasteiger partial charge in [0.05, 0.1) is 16.7 Å². The lowest BCUT2D eigenvalue weighted by atomic mass is 9.98. The highest BCUT2D eigenvalue weighted by atomic mass is 15.1. The van der Waals surface area contributed by atoms with Crippen LogP contribution in [0.3, 0.4) is 0 Å². The first-order chi connectivity index (χ1) is 26.8. The smallest absolute Gasteiger partial charge is 0.0541 e. The average molecular weight is 689 g/mol. The topological polar surface area (TPSA) is 8.17 Å². The molecular weight excluding hydrogens is 653 g/mol. The first-order valence-corrected chi connectivity index (χ1v) is 18.5. The highest BCUT2D eigenvalue weighted by Crippen LogP contribution is 2.43. The van der Waals surface area contributed by atoms with Crippen molar-refractivity contribution >= 4 is 49.6 Å². The number of benzene rings is 9. The molecule has 0 bridgehead atoms. The Bertz CT molecular complexity index is 2910. The van der Waals surface area contributed by atoms with Crippen molar-refractivity contribution in [2.24, 2.45) is 0 Å². The summed E-state index contributed by atoms with van der Waals surface area (Å²) < 4.78 is 2.37. The normalized spacial score (nSPS) is 11.3. The second kappa shape index (κ2) is 13.4. The summed E-state index contributed by atoms with van der Waals surface area (Å²) in [5.74, 6) is 0. The Morgan fingerprint density at radius 2 is 0.852 bits per heavy atom. The molecule has 0 fully saturated rings. The fourth-order valence-electron chi connectivity index (χ4n) is 7.95. The molecule has 0 N–H and O–H groups in total. The third kappa shape index (κ3) is 5.62. The fourth-order valence-corrected chi connectivity index (χ4v) is 7.95. The van der Waals surface area contributed by atoms with Crippen molar-refractivity contribution in [3.05, 3.63) is 218 Å². The van der Waals surface area contributed by atoms with Crippen LogP contribution in [0.15, 0.2) is 218 Å². The van der Waals surface area contributed by atoms with Gasteiger partial charge in [-0.15, -0.1) is 0 Å². The molecule has 0 atom stereocenters. The first kappa shape index (κ1) is 31.6. The predicted octanol–water partition coefficient (Wildman–Crippen LogP) is 14.4. The van der Waals surface area contributed by atoms with Gasteiger partial charge in [0.2, 0.25) is 0 Å². The highest BCUT2D eigenvalue weighted by Gasteiger charge is 2.18. The Kier molecular flexibility index (Phi) is 7.85. The molecule has 0 saturated heterocycles. The van der Waals surface area contributed by atoms with E-state index in [1.165, 1.54) is 71.6 Å². The molecule has 254 valence electrons. The molecule has 9 aromatic carbocycles. The van der Waals surface area contributed by atoms with Crippen molar-refractivity contribution < 1.29 is 0 Å². The van der Waals surface area contributed by atoms with Crippen LogP contribution in [-0.2, 0) is 0 Å². The summed E-state index contributed by atoms with van der Waals surface area (Å²) in [5.41, 5.74) is 14.2. The van der Waals surface area contributed by atoms with Crippen molar-refractivity contribution in [2.75, 3.05) is 4.90 Å². The van der Waals surface area contributed by atoms with Crippen molar-refractivity contribution in [2.45, 2.75) is 0 Å². The Morgan fingerprint density at radius 1 is 0.315 bits per heavy atom. The van der Waals surface area contributed by atoms with Crippen LogP contribution in [0, 0.1) is 0 Å². The van der Waals surface area contributed by atoms with Gasteiger partial charge in [-0.2, -0.15) is 0 Å². The maximum Gasteiger partial charge on any atom is 0.0541 e. The number of aromatic nitrogens is 1. The second-order valence-electron chi connectivity index (χ2n) is 13.8. The molecule has 54 heavy (non-hydrogen) atoms. The van der Waals surface area contributed by atoms with Gasteiger partial charge in [0.1, 0.15) is 0 Å². The summed E-state index contributed by atoms with van der Waals surface area (Å²) >= 11 is 0. The number of anilines is 3. The minimum Gasteiger partial charge on any atom is -0.310 e. The third-order valence-corrected chi connectivity index (χ3v) is 10.6. The molecule has 0 radical (unpaired) electrons. The van der Waals surface area contributed by atoms with Gasteiger partial charge in [-0.25, -0.2) is 0 Å². The molecule has 1 heterocycles. The van der Waals surface area contributed by atoms with Crippen LogP contribution in [0.4, 0.5) is 17.1 Å². The minimum atomic E-state index is 1.11. The SMILES string of the molecule is c1ccc(-c2ccc(N(c3ccc4cc(-c5ccc6c(c5)c5ccccc5n6-c5ccccc5)ccc4c3)c3ccccc3-c3ccccc3)cc2)cc1. The van der Waals surface area contributed by atoms with Gasteiger partial charge in [-0.1, -0.05) is 152 Å². The predicted molar refractivity (Wildman–Crippen MR) is 229 cm³/mol. The van der Waals surface area contributed by atoms with E-state index in [4.69, 9.17) is 0 Å². The first-order valence-electron chi connectivity index (χ1n) is 18.5. The minimum absolute atomic E-state index is 1.11. The zero-order valence-electron chi connectivity index (χ0n) is 29.7. The van der Waals surface area contributed by atoms with Crippen LogP contribution in [0.5, 0.6) is 0 Å². The monoisotopic (exact) mass is 688 g/mol. The standard InChI is InChI=1S/C52H36N2/c1-4-14-37(15-5-1)38-26-30-45(31-27-38)53(50-22-12-10-20-47(50)39-16-6-2-7-17-39)46-32-28-41-34-40(24-25-42(41)35-46)43-29-33-52-49(36-43)48-21-11-13-23-51(48)54(52)44-18-8-3-9-19-44/h1-36H. The summed E-state index contributed by atoms with van der Waals surface area (Å²) in [6.07, 6.45) is 0. The number of hydrogen-bond acceptors (Lipinski definition) is 1. The number of para-hydroxylation sites is 3. The largest absolute Gasteiger partial charge is 0.310 e. The van der Waals surface area contributed by atoms with Crippen LogP contribution in [-0.4, -0.2) is 4.57 Å². The fraction of sp³-hybridized carbons (Fsp3) is 0. The quantitative estimate of drug-likeness (QED) is 0.162. The van der Waals surface area contributed by atoms with Crippen LogP contribution in [0.25, 0.3) is 71.6 Å². The maximum absolute atomic E-state index is 2.39. The van der Waals surface area contributed by atoms with Crippen molar-refractivity contribution in [3.63, 3.8) is 0 Å². The second-order valence-corrected chi connectivity index (χ2v) is 13.8. The lowest BCUT2D eigenvalue weighted by Crippen LogP contribution is -2.11. The zero-order valence-corrected chi connectivity index (χ0v) is 29.7. The van der Waals surface area contributed by atoms with E-state index in [1.54, 1.807) is 0 Å². The summed E-state index contributed by atoms with van der Waals surface area (Å²) in [5, 5.41) is 4.92. The van der Waals surface area contributed by atoms with E-state index in [0.29, 0.717) is 0 Å². The van der Waals surface area contributed by atoms with Gasteiger partial charge in [0.25, 0.3) is 0 Å². The molecule has 0 amide bonds. The average Bonchev–Trinajstić information content (AvgIpc) is 3.59. The molecule has 0 aliphatic rings. The van der Waals surface area contributed by atoms with Gasteiger partial charge < -0.3 is 9.47 Å². The number of hydrogen-bond donors (Lipinski definition) is 0. The van der Waals surface area contributed by atoms with E-state index in [0.717, 1.165) is 17.1 Å². The van der Waals surface area contributed by atoms with E-state index in [9.17, 15) is 0 Å². The molecule has 0 unspecified atom stereocenters. The van der Waals surface area contributed by atoms with Gasteiger partial charge in [-0.05, 0) is 105 Å². The maximum atomic E-state index is 2.39. The van der Waals surface area contributed by atoms with Gasteiger partial charge >= 0.3 is 0 Å². The van der Waals surface area contributed by atoms with Crippen molar-refractivity contribution in [1.29, 1.82) is 0 Å². The molecule has 0 saturated carbocycles. The number of nitrogens with zero attached hydrogens (tertiary/aromatic N) is 2. The van der Waals surface area contributed by atoms with Crippen molar-refractivity contribution in [3.8, 4) is 39.1 Å². The number of fused-ring (bicyclic) bond motifs is 4. The van der Waals surface area contributed by atoms with E-state index in [2.05, 4.69) is 228 Å². The highest BCUT2D eigenvalue weighted by molar-refractivity contribution is 6.10. The van der Waals surface area contributed by atoms with Crippen molar-refractivity contribution in [1.82, 2.24) is 4.57 Å². The van der Waals surface area contributed by atoms with E-state index < -0.39 is 0 Å². The molecule has 0 aliphatic carbocycles. The van der Waals surface area contributed by atoms with Gasteiger partial charge in [0, 0.05) is 33.4 Å². The zero-order chi connectivity index (χ0) is 35.8. The lowest BCUT2D eigenvalue weighted by Gasteiger charge is -2.28. The Hall–Kier alpha value is -7.16. The summed E-state index contributed by atoms with van der Waals surface area (Å²) in [4.78, 5) is 2.39. The Balaban J connectivity index is 1.07. The summed E-state index contributed by atoms with van der Waals surface area (Å²) in [6, 6.07) is 78.8. The molecule has 1 aromatic heterocycles. The van der Waals surface area contributed by atoms with Gasteiger partial charge in [0.15, 0.2) is 0 Å². The summed E-state index contributed by atoms with van der Waals surface area (Å²) in [7, 11) is 0. The molecule has 10 rings (SSSR count). The Morgan fingerprint density at radius 3 is 1.65 bits per heavy atom. The van der Waals surface area contributed by atoms with E-state index in [1.807, 2.05) is 0 Å². The van der Waals surface area contributed by atoms with Crippen LogP contribution in [0.2, 0.25) is 0 Å². The molecule has 0 spiro atoms. The third-order valence-electron chi connectivity index (χ3n) is 10.6. The Labute approximate surface area is 315 Å². The lowest BCUT2D eigenvalue weighted by molar-refractivity contribution is 1.18. The van der Waals surface area contributed by atoms with Crippen LogP contribution in [0.1, 0.15) is 0 Å². The van der Waals surface area contributed by atoms with E-state index in [-0.39, 0.29) is 0 Å². The molecule has 0 aliphatic heterocycles. The van der Waals surface area contributed by atoms with Gasteiger partial charge in [-0.3, -0.25) is 0 Å². The number of rotatable bonds is 7. The summed E-state index contributed by atoms with van der Waals surface area (Å²) in [6.45, 7) is 0.